The Kier molecular flexibility index (Phi) is 3.31. The lowest BCUT2D eigenvalue weighted by Crippen LogP contribution is -2.40. The quantitative estimate of drug-likeness (QED) is 0.894. The van der Waals surface area contributed by atoms with Gasteiger partial charge in [0.2, 0.25) is 0 Å². The van der Waals surface area contributed by atoms with Crippen LogP contribution < -0.4 is 5.73 Å². The third-order valence-corrected chi connectivity index (χ3v) is 3.88. The van der Waals surface area contributed by atoms with E-state index in [1.165, 1.54) is 11.1 Å². The fraction of sp³-hybridized carbons (Fsp3) is 0.429. The average molecular weight is 257 g/mol. The Balaban J connectivity index is 1.86. The van der Waals surface area contributed by atoms with Gasteiger partial charge in [-0.1, -0.05) is 0 Å². The molecule has 1 atom stereocenters. The zero-order chi connectivity index (χ0) is 13.2. The number of nitrogens with zero attached hydrogens (tertiary/aromatic N) is 4. The van der Waals surface area contributed by atoms with Gasteiger partial charge in [0.15, 0.2) is 0 Å². The molecule has 19 heavy (non-hydrogen) atoms. The topological polar surface area (TPSA) is 60.0 Å². The summed E-state index contributed by atoms with van der Waals surface area (Å²) >= 11 is 0. The number of nitrogens with two attached hydrogens (primary N) is 1. The summed E-state index contributed by atoms with van der Waals surface area (Å²) in [5.74, 6) is 1.12. The largest absolute Gasteiger partial charge is 0.333 e. The van der Waals surface area contributed by atoms with Gasteiger partial charge < -0.3 is 10.3 Å². The normalized spacial score (nSPS) is 17.2. The van der Waals surface area contributed by atoms with Crippen LogP contribution in [0.1, 0.15) is 23.0 Å². The van der Waals surface area contributed by atoms with Crippen LogP contribution in [0, 0.1) is 6.92 Å². The summed E-state index contributed by atoms with van der Waals surface area (Å²) in [5, 5.41) is 0. The van der Waals surface area contributed by atoms with E-state index in [0.717, 1.165) is 25.5 Å². The van der Waals surface area contributed by atoms with Crippen LogP contribution in [-0.2, 0) is 13.1 Å². The molecule has 3 rings (SSSR count). The van der Waals surface area contributed by atoms with Gasteiger partial charge >= 0.3 is 0 Å². The van der Waals surface area contributed by atoms with E-state index in [1.807, 2.05) is 30.9 Å². The molecule has 2 aromatic rings. The lowest BCUT2D eigenvalue weighted by molar-refractivity contribution is 0.155. The van der Waals surface area contributed by atoms with Crippen molar-refractivity contribution < 1.29 is 0 Å². The summed E-state index contributed by atoms with van der Waals surface area (Å²) in [6.45, 7) is 5.55. The van der Waals surface area contributed by atoms with E-state index in [9.17, 15) is 0 Å². The summed E-state index contributed by atoms with van der Waals surface area (Å²) in [5.41, 5.74) is 8.48. The summed E-state index contributed by atoms with van der Waals surface area (Å²) in [6, 6.07) is 2.27. The standard InChI is InChI=1S/C14H19N5/c1-11-2-3-16-9-12(11)13(8-15)19-7-6-18-5-4-17-14(18)10-19/h2-5,9,13H,6-8,10,15H2,1H3. The SMILES string of the molecule is Cc1ccncc1C(CN)N1CCn2ccnc2C1. The van der Waals surface area contributed by atoms with Gasteiger partial charge in [0.05, 0.1) is 6.54 Å². The van der Waals surface area contributed by atoms with Gasteiger partial charge in [-0.15, -0.1) is 0 Å². The Labute approximate surface area is 113 Å². The molecule has 1 aliphatic rings. The van der Waals surface area contributed by atoms with E-state index < -0.39 is 0 Å². The van der Waals surface area contributed by atoms with Crippen LogP contribution in [0.15, 0.2) is 30.9 Å². The van der Waals surface area contributed by atoms with E-state index in [2.05, 4.69) is 26.4 Å². The predicted octanol–water partition coefficient (Wildman–Crippen LogP) is 1.10. The number of hydrogen-bond acceptors (Lipinski definition) is 4. The number of pyridine rings is 1. The minimum atomic E-state index is 0.221. The second kappa shape index (κ2) is 5.11. The van der Waals surface area contributed by atoms with E-state index in [-0.39, 0.29) is 6.04 Å². The van der Waals surface area contributed by atoms with Crippen LogP contribution >= 0.6 is 0 Å². The summed E-state index contributed by atoms with van der Waals surface area (Å²) < 4.78 is 2.21. The Morgan fingerprint density at radius 2 is 2.26 bits per heavy atom. The molecule has 1 unspecified atom stereocenters. The van der Waals surface area contributed by atoms with Crippen LogP contribution in [0.4, 0.5) is 0 Å². The van der Waals surface area contributed by atoms with E-state index in [0.29, 0.717) is 6.54 Å². The van der Waals surface area contributed by atoms with Crippen LogP contribution in [0.25, 0.3) is 0 Å². The maximum Gasteiger partial charge on any atom is 0.122 e. The highest BCUT2D eigenvalue weighted by atomic mass is 15.3. The molecule has 3 heterocycles. The van der Waals surface area contributed by atoms with Crippen LogP contribution in [0.2, 0.25) is 0 Å². The molecule has 0 aliphatic carbocycles. The van der Waals surface area contributed by atoms with Gasteiger partial charge in [0.1, 0.15) is 5.82 Å². The molecular weight excluding hydrogens is 238 g/mol. The van der Waals surface area contributed by atoms with Gasteiger partial charge in [-0.3, -0.25) is 9.88 Å². The van der Waals surface area contributed by atoms with Crippen LogP contribution in [0.5, 0.6) is 0 Å². The Morgan fingerprint density at radius 1 is 1.37 bits per heavy atom. The van der Waals surface area contributed by atoms with E-state index in [1.54, 1.807) is 0 Å². The molecule has 0 fully saturated rings. The molecule has 1 aliphatic heterocycles. The van der Waals surface area contributed by atoms with Crippen molar-refractivity contribution in [2.24, 2.45) is 5.73 Å². The van der Waals surface area contributed by atoms with Crippen molar-refractivity contribution in [1.29, 1.82) is 0 Å². The number of hydrogen-bond donors (Lipinski definition) is 1. The van der Waals surface area contributed by atoms with Crippen molar-refractivity contribution >= 4 is 0 Å². The fourth-order valence-electron chi connectivity index (χ4n) is 2.76. The van der Waals surface area contributed by atoms with Gasteiger partial charge in [-0.2, -0.15) is 0 Å². The number of imidazole rings is 1. The first-order valence-electron chi connectivity index (χ1n) is 6.64. The van der Waals surface area contributed by atoms with Gasteiger partial charge in [0, 0.05) is 50.5 Å². The maximum atomic E-state index is 6.00. The number of aryl methyl sites for hydroxylation is 1. The Morgan fingerprint density at radius 3 is 3.05 bits per heavy atom. The molecule has 0 spiro atoms. The minimum Gasteiger partial charge on any atom is -0.333 e. The number of aromatic nitrogens is 3. The lowest BCUT2D eigenvalue weighted by atomic mass is 10.0. The first-order valence-corrected chi connectivity index (χ1v) is 6.64. The van der Waals surface area contributed by atoms with Gasteiger partial charge in [0.25, 0.3) is 0 Å². The van der Waals surface area contributed by atoms with Crippen molar-refractivity contribution in [3.8, 4) is 0 Å². The second-order valence-corrected chi connectivity index (χ2v) is 4.99. The summed E-state index contributed by atoms with van der Waals surface area (Å²) in [6.07, 6.45) is 7.67. The third-order valence-electron chi connectivity index (χ3n) is 3.88. The molecule has 5 heteroatoms. The molecular formula is C14H19N5. The average Bonchev–Trinajstić information content (AvgIpc) is 2.89. The molecule has 100 valence electrons. The Bertz CT molecular complexity index is 562. The molecule has 0 radical (unpaired) electrons. The molecule has 0 amide bonds. The highest BCUT2D eigenvalue weighted by Crippen LogP contribution is 2.25. The number of fused-ring (bicyclic) bond motifs is 1. The second-order valence-electron chi connectivity index (χ2n) is 4.99. The maximum absolute atomic E-state index is 6.00. The monoisotopic (exact) mass is 257 g/mol. The van der Waals surface area contributed by atoms with Crippen LogP contribution in [0.3, 0.4) is 0 Å². The first-order chi connectivity index (χ1) is 9.29. The molecule has 5 nitrogen and oxygen atoms in total. The first kappa shape index (κ1) is 12.3. The van der Waals surface area contributed by atoms with E-state index in [4.69, 9.17) is 5.73 Å². The molecule has 2 aromatic heterocycles. The van der Waals surface area contributed by atoms with Crippen molar-refractivity contribution in [3.05, 3.63) is 47.8 Å². The predicted molar refractivity (Wildman–Crippen MR) is 73.4 cm³/mol. The highest BCUT2D eigenvalue weighted by molar-refractivity contribution is 5.25. The Hall–Kier alpha value is -1.72. The highest BCUT2D eigenvalue weighted by Gasteiger charge is 2.25. The molecule has 0 aromatic carbocycles. The lowest BCUT2D eigenvalue weighted by Gasteiger charge is -2.34. The van der Waals surface area contributed by atoms with Crippen molar-refractivity contribution in [2.75, 3.05) is 13.1 Å². The zero-order valence-corrected chi connectivity index (χ0v) is 11.2. The summed E-state index contributed by atoms with van der Waals surface area (Å²) in [7, 11) is 0. The zero-order valence-electron chi connectivity index (χ0n) is 11.2. The molecule has 0 saturated heterocycles. The van der Waals surface area contributed by atoms with E-state index >= 15 is 0 Å². The molecule has 0 saturated carbocycles. The third kappa shape index (κ3) is 2.27. The minimum absolute atomic E-state index is 0.221. The van der Waals surface area contributed by atoms with Crippen molar-refractivity contribution in [1.82, 2.24) is 19.4 Å². The fourth-order valence-corrected chi connectivity index (χ4v) is 2.76. The number of rotatable bonds is 3. The molecule has 2 N–H and O–H groups in total. The van der Waals surface area contributed by atoms with Gasteiger partial charge in [-0.25, -0.2) is 4.98 Å². The van der Waals surface area contributed by atoms with Crippen molar-refractivity contribution in [3.63, 3.8) is 0 Å². The van der Waals surface area contributed by atoms with Crippen molar-refractivity contribution in [2.45, 2.75) is 26.1 Å². The van der Waals surface area contributed by atoms with Crippen LogP contribution in [-0.4, -0.2) is 32.5 Å². The van der Waals surface area contributed by atoms with Gasteiger partial charge in [-0.05, 0) is 24.1 Å². The smallest absolute Gasteiger partial charge is 0.122 e. The summed E-state index contributed by atoms with van der Waals surface area (Å²) in [4.78, 5) is 11.0. The molecule has 0 bridgehead atoms.